The van der Waals surface area contributed by atoms with E-state index < -0.39 is 10.0 Å². The molecule has 0 aliphatic carbocycles. The Morgan fingerprint density at radius 1 is 1.10 bits per heavy atom. The number of aryl methyl sites for hydroxylation is 1. The van der Waals surface area contributed by atoms with Crippen LogP contribution in [0.5, 0.6) is 0 Å². The van der Waals surface area contributed by atoms with Crippen LogP contribution in [0.2, 0.25) is 0 Å². The summed E-state index contributed by atoms with van der Waals surface area (Å²) in [6.45, 7) is 1.19. The van der Waals surface area contributed by atoms with Crippen molar-refractivity contribution in [2.24, 2.45) is 0 Å². The van der Waals surface area contributed by atoms with Crippen LogP contribution in [0.4, 0.5) is 5.69 Å². The molecular weight excluding hydrogens is 410 g/mol. The number of amides is 1. The van der Waals surface area contributed by atoms with Gasteiger partial charge < -0.3 is 9.88 Å². The Morgan fingerprint density at radius 2 is 1.93 bits per heavy atom. The molecule has 0 saturated heterocycles. The topological polar surface area (TPSA) is 106 Å². The van der Waals surface area contributed by atoms with Crippen molar-refractivity contribution in [2.75, 3.05) is 4.72 Å². The predicted octanol–water partition coefficient (Wildman–Crippen LogP) is 2.80. The van der Waals surface area contributed by atoms with Crippen molar-refractivity contribution in [1.82, 2.24) is 20.1 Å². The Hall–Kier alpha value is -2.72. The molecule has 1 aromatic carbocycles. The van der Waals surface area contributed by atoms with Gasteiger partial charge in [0.05, 0.1) is 6.54 Å². The number of anilines is 1. The predicted molar refractivity (Wildman–Crippen MR) is 110 cm³/mol. The van der Waals surface area contributed by atoms with Crippen LogP contribution in [0.25, 0.3) is 0 Å². The maximum Gasteiger partial charge on any atom is 0.271 e. The minimum absolute atomic E-state index is 0.242. The monoisotopic (exact) mass is 431 g/mol. The molecule has 1 aliphatic heterocycles. The van der Waals surface area contributed by atoms with E-state index in [9.17, 15) is 13.2 Å². The van der Waals surface area contributed by atoms with Crippen LogP contribution in [-0.4, -0.2) is 29.1 Å². The van der Waals surface area contributed by atoms with Gasteiger partial charge in [-0.05, 0) is 48.6 Å². The molecule has 3 heterocycles. The molecule has 4 rings (SSSR count). The molecule has 0 bridgehead atoms. The second-order valence-corrected chi connectivity index (χ2v) is 9.65. The molecule has 2 N–H and O–H groups in total. The first-order valence-electron chi connectivity index (χ1n) is 9.38. The summed E-state index contributed by atoms with van der Waals surface area (Å²) in [6.07, 6.45) is 4.31. The number of nitrogens with zero attached hydrogens (tertiary/aromatic N) is 3. The van der Waals surface area contributed by atoms with Gasteiger partial charge in [0.15, 0.2) is 5.82 Å². The Balaban J connectivity index is 1.38. The number of hydrogen-bond donors (Lipinski definition) is 2. The standard InChI is InChI=1S/C19H21N5O3S2/c25-19(20-13-17-22-21-16-5-2-1-3-11-24(16)17)14-7-9-15(10-8-14)23-29(26,27)18-6-4-12-28-18/h4,6-10,12,23H,1-3,5,11,13H2,(H,20,25). The number of hydrogen-bond acceptors (Lipinski definition) is 6. The van der Waals surface area contributed by atoms with Crippen molar-refractivity contribution in [3.63, 3.8) is 0 Å². The first kappa shape index (κ1) is 19.6. The highest BCUT2D eigenvalue weighted by Crippen LogP contribution is 2.20. The van der Waals surface area contributed by atoms with E-state index in [1.807, 2.05) is 0 Å². The number of carbonyl (C=O) groups excluding carboxylic acids is 1. The normalized spacial score (nSPS) is 14.1. The van der Waals surface area contributed by atoms with Crippen molar-refractivity contribution >= 4 is 33.0 Å². The highest BCUT2D eigenvalue weighted by Gasteiger charge is 2.17. The summed E-state index contributed by atoms with van der Waals surface area (Å²) < 4.78 is 29.4. The van der Waals surface area contributed by atoms with E-state index in [1.54, 1.807) is 41.8 Å². The summed E-state index contributed by atoms with van der Waals surface area (Å²) >= 11 is 1.15. The molecule has 0 atom stereocenters. The fourth-order valence-corrected chi connectivity index (χ4v) is 5.30. The molecule has 152 valence electrons. The lowest BCUT2D eigenvalue weighted by Crippen LogP contribution is -2.25. The first-order valence-corrected chi connectivity index (χ1v) is 11.7. The zero-order valence-corrected chi connectivity index (χ0v) is 17.3. The fourth-order valence-electron chi connectivity index (χ4n) is 3.25. The number of aromatic nitrogens is 3. The summed E-state index contributed by atoms with van der Waals surface area (Å²) in [4.78, 5) is 12.5. The van der Waals surface area contributed by atoms with E-state index in [-0.39, 0.29) is 10.1 Å². The molecule has 0 saturated carbocycles. The number of nitrogens with one attached hydrogen (secondary N) is 2. The summed E-state index contributed by atoms with van der Waals surface area (Å²) in [5.41, 5.74) is 0.845. The second-order valence-electron chi connectivity index (χ2n) is 6.79. The summed E-state index contributed by atoms with van der Waals surface area (Å²) in [7, 11) is -3.60. The molecule has 8 nitrogen and oxygen atoms in total. The van der Waals surface area contributed by atoms with Gasteiger partial charge in [-0.3, -0.25) is 9.52 Å². The average Bonchev–Trinajstić information content (AvgIpc) is 3.33. The molecule has 0 unspecified atom stereocenters. The molecule has 0 spiro atoms. The lowest BCUT2D eigenvalue weighted by atomic mass is 10.2. The van der Waals surface area contributed by atoms with Crippen LogP contribution >= 0.6 is 11.3 Å². The second kappa shape index (κ2) is 8.34. The summed E-state index contributed by atoms with van der Waals surface area (Å²) in [6, 6.07) is 9.55. The van der Waals surface area contributed by atoms with Crippen LogP contribution in [-0.2, 0) is 29.5 Å². The van der Waals surface area contributed by atoms with Crippen molar-refractivity contribution in [1.29, 1.82) is 0 Å². The number of sulfonamides is 1. The lowest BCUT2D eigenvalue weighted by Gasteiger charge is -2.09. The minimum atomic E-state index is -3.60. The largest absolute Gasteiger partial charge is 0.345 e. The van der Waals surface area contributed by atoms with Crippen LogP contribution in [0.15, 0.2) is 46.0 Å². The van der Waals surface area contributed by atoms with Crippen molar-refractivity contribution in [3.8, 4) is 0 Å². The summed E-state index contributed by atoms with van der Waals surface area (Å²) in [5.74, 6) is 1.49. The molecule has 3 aromatic rings. The Labute approximate surface area is 173 Å². The van der Waals surface area contributed by atoms with Gasteiger partial charge in [0.25, 0.3) is 15.9 Å². The van der Waals surface area contributed by atoms with E-state index in [1.165, 1.54) is 6.42 Å². The van der Waals surface area contributed by atoms with E-state index in [0.29, 0.717) is 17.8 Å². The Morgan fingerprint density at radius 3 is 2.69 bits per heavy atom. The molecule has 1 aliphatic rings. The Kier molecular flexibility index (Phi) is 5.63. The molecule has 29 heavy (non-hydrogen) atoms. The third-order valence-corrected chi connectivity index (χ3v) is 7.53. The summed E-state index contributed by atoms with van der Waals surface area (Å²) in [5, 5.41) is 13.0. The molecular formula is C19H21N5O3S2. The van der Waals surface area contributed by atoms with Gasteiger partial charge in [0, 0.05) is 24.2 Å². The minimum Gasteiger partial charge on any atom is -0.345 e. The molecule has 1 amide bonds. The van der Waals surface area contributed by atoms with Crippen molar-refractivity contribution < 1.29 is 13.2 Å². The number of fused-ring (bicyclic) bond motifs is 1. The van der Waals surface area contributed by atoms with Gasteiger partial charge in [-0.1, -0.05) is 12.5 Å². The molecule has 2 aromatic heterocycles. The van der Waals surface area contributed by atoms with E-state index in [4.69, 9.17) is 0 Å². The number of carbonyl (C=O) groups is 1. The fraction of sp³-hybridized carbons (Fsp3) is 0.316. The maximum absolute atomic E-state index is 12.5. The third kappa shape index (κ3) is 4.48. The zero-order valence-electron chi connectivity index (χ0n) is 15.7. The van der Waals surface area contributed by atoms with Crippen molar-refractivity contribution in [2.45, 2.75) is 43.0 Å². The highest BCUT2D eigenvalue weighted by atomic mass is 32.2. The van der Waals surface area contributed by atoms with Gasteiger partial charge in [-0.2, -0.15) is 0 Å². The van der Waals surface area contributed by atoms with E-state index in [0.717, 1.165) is 48.8 Å². The van der Waals surface area contributed by atoms with E-state index >= 15 is 0 Å². The van der Waals surface area contributed by atoms with Crippen LogP contribution in [0.3, 0.4) is 0 Å². The van der Waals surface area contributed by atoms with Crippen LogP contribution < -0.4 is 10.0 Å². The maximum atomic E-state index is 12.5. The van der Waals surface area contributed by atoms with E-state index in [2.05, 4.69) is 24.8 Å². The third-order valence-electron chi connectivity index (χ3n) is 4.75. The number of benzene rings is 1. The lowest BCUT2D eigenvalue weighted by molar-refractivity contribution is 0.0949. The van der Waals surface area contributed by atoms with Gasteiger partial charge >= 0.3 is 0 Å². The SMILES string of the molecule is O=C(NCc1nnc2n1CCCCC2)c1ccc(NS(=O)(=O)c2cccs2)cc1. The van der Waals surface area contributed by atoms with Crippen LogP contribution in [0, 0.1) is 0 Å². The van der Waals surface area contributed by atoms with Gasteiger partial charge in [0.2, 0.25) is 0 Å². The molecule has 0 fully saturated rings. The smallest absolute Gasteiger partial charge is 0.271 e. The number of rotatable bonds is 6. The quantitative estimate of drug-likeness (QED) is 0.624. The van der Waals surface area contributed by atoms with Crippen LogP contribution in [0.1, 0.15) is 41.3 Å². The van der Waals surface area contributed by atoms with Gasteiger partial charge in [-0.25, -0.2) is 8.42 Å². The molecule has 0 radical (unpaired) electrons. The highest BCUT2D eigenvalue weighted by molar-refractivity contribution is 7.94. The van der Waals surface area contributed by atoms with Gasteiger partial charge in [-0.15, -0.1) is 21.5 Å². The van der Waals surface area contributed by atoms with Gasteiger partial charge in [0.1, 0.15) is 10.0 Å². The number of thiophene rings is 1. The average molecular weight is 432 g/mol. The molecule has 10 heteroatoms. The zero-order chi connectivity index (χ0) is 20.3. The van der Waals surface area contributed by atoms with Crippen molar-refractivity contribution in [3.05, 3.63) is 59.0 Å². The first-order chi connectivity index (χ1) is 14.0. The Bertz CT molecular complexity index is 1090.